The second-order valence-electron chi connectivity index (χ2n) is 4.07. The number of phenolic OH excluding ortho intramolecular Hbond substituents is 1. The molecular weight excluding hydrogens is 299 g/mol. The Balaban J connectivity index is 1.94. The molecule has 6 nitrogen and oxygen atoms in total. The van der Waals surface area contributed by atoms with Gasteiger partial charge in [-0.25, -0.2) is 14.2 Å². The molecule has 0 saturated heterocycles. The zero-order valence-electron chi connectivity index (χ0n) is 10.7. The number of aromatic nitrogens is 1. The lowest BCUT2D eigenvalue weighted by atomic mass is 10.1. The van der Waals surface area contributed by atoms with E-state index in [1.165, 1.54) is 17.5 Å². The Morgan fingerprint density at radius 1 is 1.38 bits per heavy atom. The molecule has 0 aliphatic heterocycles. The van der Waals surface area contributed by atoms with Crippen LogP contribution in [0.25, 0.3) is 0 Å². The molecule has 0 aliphatic carbocycles. The predicted molar refractivity (Wildman–Crippen MR) is 73.2 cm³/mol. The van der Waals surface area contributed by atoms with Crippen molar-refractivity contribution in [3.05, 3.63) is 45.7 Å². The molecular formula is C13H11FN2O4S. The maximum Gasteiger partial charge on any atom is 0.355 e. The lowest BCUT2D eigenvalue weighted by Gasteiger charge is -2.06. The van der Waals surface area contributed by atoms with Gasteiger partial charge >= 0.3 is 5.97 Å². The Hall–Kier alpha value is -2.48. The van der Waals surface area contributed by atoms with E-state index >= 15 is 0 Å². The predicted octanol–water partition coefficient (Wildman–Crippen LogP) is 1.66. The molecule has 110 valence electrons. The molecule has 3 N–H and O–H groups in total. The minimum atomic E-state index is -1.11. The van der Waals surface area contributed by atoms with Crippen molar-refractivity contribution in [2.24, 2.45) is 0 Å². The van der Waals surface area contributed by atoms with Gasteiger partial charge in [-0.15, -0.1) is 11.3 Å². The Bertz CT molecular complexity index is 666. The van der Waals surface area contributed by atoms with Crippen LogP contribution in [0, 0.1) is 5.82 Å². The Morgan fingerprint density at radius 3 is 2.76 bits per heavy atom. The summed E-state index contributed by atoms with van der Waals surface area (Å²) in [6, 6.07) is 3.59. The molecule has 0 saturated carbocycles. The number of hydrogen-bond donors (Lipinski definition) is 3. The van der Waals surface area contributed by atoms with Gasteiger partial charge in [0.15, 0.2) is 5.69 Å². The fourth-order valence-corrected chi connectivity index (χ4v) is 2.40. The van der Waals surface area contributed by atoms with Gasteiger partial charge in [-0.1, -0.05) is 6.07 Å². The highest BCUT2D eigenvalue weighted by molar-refractivity contribution is 7.09. The molecule has 8 heteroatoms. The Kier molecular flexibility index (Phi) is 4.49. The summed E-state index contributed by atoms with van der Waals surface area (Å²) in [4.78, 5) is 26.3. The van der Waals surface area contributed by atoms with E-state index in [9.17, 15) is 19.1 Å². The van der Waals surface area contributed by atoms with E-state index in [1.807, 2.05) is 0 Å². The van der Waals surface area contributed by atoms with Gasteiger partial charge in [0.05, 0.1) is 5.01 Å². The van der Waals surface area contributed by atoms with Crippen LogP contribution in [-0.2, 0) is 6.42 Å². The highest BCUT2D eigenvalue weighted by Gasteiger charge is 2.16. The van der Waals surface area contributed by atoms with Crippen LogP contribution in [0.5, 0.6) is 5.75 Å². The van der Waals surface area contributed by atoms with Crippen LogP contribution in [0.2, 0.25) is 0 Å². The quantitative estimate of drug-likeness (QED) is 0.780. The van der Waals surface area contributed by atoms with Gasteiger partial charge in [-0.05, 0) is 12.1 Å². The molecule has 1 heterocycles. The molecule has 1 amide bonds. The number of aromatic hydroxyl groups is 1. The van der Waals surface area contributed by atoms with Crippen molar-refractivity contribution in [1.82, 2.24) is 10.3 Å². The lowest BCUT2D eigenvalue weighted by Crippen LogP contribution is -2.26. The van der Waals surface area contributed by atoms with Crippen LogP contribution >= 0.6 is 11.3 Å². The number of amides is 1. The van der Waals surface area contributed by atoms with Gasteiger partial charge in [0.25, 0.3) is 5.91 Å². The summed E-state index contributed by atoms with van der Waals surface area (Å²) >= 11 is 1.16. The molecule has 2 aromatic rings. The van der Waals surface area contributed by atoms with Crippen LogP contribution in [0.15, 0.2) is 23.6 Å². The van der Waals surface area contributed by atoms with E-state index in [1.54, 1.807) is 0 Å². The van der Waals surface area contributed by atoms with Crippen molar-refractivity contribution >= 4 is 23.2 Å². The van der Waals surface area contributed by atoms with Gasteiger partial charge in [0.1, 0.15) is 17.1 Å². The van der Waals surface area contributed by atoms with Crippen LogP contribution in [-0.4, -0.2) is 33.6 Å². The van der Waals surface area contributed by atoms with Crippen LogP contribution in [0.3, 0.4) is 0 Å². The topological polar surface area (TPSA) is 99.5 Å². The monoisotopic (exact) mass is 310 g/mol. The number of nitrogens with one attached hydrogen (secondary N) is 1. The molecule has 0 aliphatic rings. The minimum Gasteiger partial charge on any atom is -0.507 e. The van der Waals surface area contributed by atoms with Crippen molar-refractivity contribution in [1.29, 1.82) is 0 Å². The second-order valence-corrected chi connectivity index (χ2v) is 5.01. The van der Waals surface area contributed by atoms with E-state index in [0.29, 0.717) is 11.4 Å². The zero-order chi connectivity index (χ0) is 15.4. The number of carboxylic acids is 1. The number of rotatable bonds is 5. The van der Waals surface area contributed by atoms with E-state index in [0.717, 1.165) is 17.4 Å². The van der Waals surface area contributed by atoms with Gasteiger partial charge in [-0.2, -0.15) is 0 Å². The van der Waals surface area contributed by atoms with Crippen molar-refractivity contribution in [3.63, 3.8) is 0 Å². The molecule has 0 spiro atoms. The number of thiazole rings is 1. The van der Waals surface area contributed by atoms with Crippen molar-refractivity contribution < 1.29 is 24.2 Å². The maximum atomic E-state index is 13.4. The summed E-state index contributed by atoms with van der Waals surface area (Å²) < 4.78 is 13.4. The number of benzene rings is 1. The first-order valence-corrected chi connectivity index (χ1v) is 6.80. The van der Waals surface area contributed by atoms with E-state index in [-0.39, 0.29) is 12.2 Å². The van der Waals surface area contributed by atoms with E-state index in [4.69, 9.17) is 5.11 Å². The molecule has 0 bridgehead atoms. The summed E-state index contributed by atoms with van der Waals surface area (Å²) in [5, 5.41) is 22.6. The average Bonchev–Trinajstić information content (AvgIpc) is 2.87. The molecule has 1 aromatic carbocycles. The first-order valence-electron chi connectivity index (χ1n) is 5.92. The third kappa shape index (κ3) is 3.54. The van der Waals surface area contributed by atoms with E-state index < -0.39 is 29.0 Å². The number of phenols is 1. The van der Waals surface area contributed by atoms with Gasteiger partial charge < -0.3 is 15.5 Å². The second kappa shape index (κ2) is 6.31. The summed E-state index contributed by atoms with van der Waals surface area (Å²) in [6.07, 6.45) is 0.318. The van der Waals surface area contributed by atoms with Crippen molar-refractivity contribution in [2.45, 2.75) is 6.42 Å². The lowest BCUT2D eigenvalue weighted by molar-refractivity contribution is 0.0690. The normalized spacial score (nSPS) is 10.3. The number of halogens is 1. The fraction of sp³-hybridized carbons (Fsp3) is 0.154. The van der Waals surface area contributed by atoms with Crippen LogP contribution < -0.4 is 5.32 Å². The molecule has 0 unspecified atom stereocenters. The van der Waals surface area contributed by atoms with Gasteiger partial charge in [-0.3, -0.25) is 4.79 Å². The van der Waals surface area contributed by atoms with Crippen LogP contribution in [0.1, 0.15) is 25.9 Å². The fourth-order valence-electron chi connectivity index (χ4n) is 1.63. The number of hydrogen-bond acceptors (Lipinski definition) is 5. The Labute approximate surface area is 122 Å². The largest absolute Gasteiger partial charge is 0.507 e. The number of carbonyl (C=O) groups is 2. The van der Waals surface area contributed by atoms with Crippen LogP contribution in [0.4, 0.5) is 4.39 Å². The van der Waals surface area contributed by atoms with Gasteiger partial charge in [0.2, 0.25) is 0 Å². The highest BCUT2D eigenvalue weighted by Crippen LogP contribution is 2.19. The molecule has 21 heavy (non-hydrogen) atoms. The summed E-state index contributed by atoms with van der Waals surface area (Å²) in [5.41, 5.74) is -0.462. The number of carboxylic acid groups (broad SMARTS) is 1. The first-order chi connectivity index (χ1) is 9.99. The maximum absolute atomic E-state index is 13.4. The third-order valence-electron chi connectivity index (χ3n) is 2.61. The third-order valence-corrected chi connectivity index (χ3v) is 3.52. The van der Waals surface area contributed by atoms with E-state index in [2.05, 4.69) is 10.3 Å². The summed E-state index contributed by atoms with van der Waals surface area (Å²) in [6.45, 7) is 0.152. The Morgan fingerprint density at radius 2 is 2.14 bits per heavy atom. The first kappa shape index (κ1) is 14.9. The molecule has 2 rings (SSSR count). The van der Waals surface area contributed by atoms with Crippen molar-refractivity contribution in [2.75, 3.05) is 6.54 Å². The standard InChI is InChI=1S/C13H11FN2O4S/c14-7-2-1-3-9(17)11(7)12(18)15-5-4-10-16-8(6-21-10)13(19)20/h1-3,6,17H,4-5H2,(H,15,18)(H,19,20). The summed E-state index contributed by atoms with van der Waals surface area (Å²) in [5.74, 6) is -3.09. The average molecular weight is 310 g/mol. The minimum absolute atomic E-state index is 0.0481. The molecule has 0 fully saturated rings. The smallest absolute Gasteiger partial charge is 0.355 e. The highest BCUT2D eigenvalue weighted by atomic mass is 32.1. The van der Waals surface area contributed by atoms with Crippen molar-refractivity contribution in [3.8, 4) is 5.75 Å². The summed E-state index contributed by atoms with van der Waals surface area (Å²) in [7, 11) is 0. The molecule has 0 radical (unpaired) electrons. The number of nitrogens with zero attached hydrogens (tertiary/aromatic N) is 1. The molecule has 0 atom stereocenters. The number of aromatic carboxylic acids is 1. The SMILES string of the molecule is O=C(O)c1csc(CCNC(=O)c2c(O)cccc2F)n1. The van der Waals surface area contributed by atoms with Gasteiger partial charge in [0, 0.05) is 18.3 Å². The zero-order valence-corrected chi connectivity index (χ0v) is 11.5. The number of carbonyl (C=O) groups excluding carboxylic acids is 1. The molecule has 1 aromatic heterocycles.